The van der Waals surface area contributed by atoms with Crippen molar-refractivity contribution in [2.45, 2.75) is 19.0 Å². The van der Waals surface area contributed by atoms with Gasteiger partial charge in [0.1, 0.15) is 6.29 Å². The number of aldehydes is 1. The van der Waals surface area contributed by atoms with Crippen LogP contribution < -0.4 is 5.73 Å². The first-order valence-electron chi connectivity index (χ1n) is 5.09. The lowest BCUT2D eigenvalue weighted by molar-refractivity contribution is -0.107. The number of nitrogens with two attached hydrogens (primary N) is 1. The summed E-state index contributed by atoms with van der Waals surface area (Å²) >= 11 is 0. The Hall–Kier alpha value is -1.81. The van der Waals surface area contributed by atoms with Gasteiger partial charge >= 0.3 is 0 Å². The molecule has 1 heterocycles. The predicted molar refractivity (Wildman–Crippen MR) is 61.5 cm³/mol. The molecule has 82 valence electrons. The minimum atomic E-state index is -0.855. The molecule has 0 radical (unpaired) electrons. The van der Waals surface area contributed by atoms with Crippen LogP contribution in [0.5, 0.6) is 0 Å². The van der Waals surface area contributed by atoms with E-state index in [0.29, 0.717) is 0 Å². The van der Waals surface area contributed by atoms with Crippen molar-refractivity contribution in [2.24, 2.45) is 16.0 Å². The average molecular weight is 215 g/mol. The zero-order valence-corrected chi connectivity index (χ0v) is 9.05. The van der Waals surface area contributed by atoms with E-state index < -0.39 is 5.66 Å². The van der Waals surface area contributed by atoms with Crippen molar-refractivity contribution in [2.75, 3.05) is 0 Å². The molecule has 0 saturated carbocycles. The Bertz CT molecular complexity index is 460. The van der Waals surface area contributed by atoms with Crippen molar-refractivity contribution >= 4 is 12.0 Å². The zero-order valence-electron chi connectivity index (χ0n) is 9.05. The molecule has 1 unspecified atom stereocenters. The van der Waals surface area contributed by atoms with Gasteiger partial charge in [0.15, 0.2) is 5.66 Å². The summed E-state index contributed by atoms with van der Waals surface area (Å²) in [5.41, 5.74) is 7.54. The number of carbonyl (C=O) groups excluding carboxylic acids is 1. The van der Waals surface area contributed by atoms with Crippen molar-refractivity contribution in [3.05, 3.63) is 41.5 Å². The fraction of sp³-hybridized carbons (Fsp3) is 0.250. The van der Waals surface area contributed by atoms with Gasteiger partial charge in [-0.2, -0.15) is 10.2 Å². The Morgan fingerprint density at radius 2 is 2.06 bits per heavy atom. The van der Waals surface area contributed by atoms with Gasteiger partial charge in [-0.1, -0.05) is 30.3 Å². The average Bonchev–Trinajstić information content (AvgIpc) is 2.57. The van der Waals surface area contributed by atoms with Crippen LogP contribution in [0.1, 0.15) is 18.9 Å². The maximum Gasteiger partial charge on any atom is 0.151 e. The normalized spacial score (nSPS) is 23.9. The Morgan fingerprint density at radius 3 is 2.69 bits per heavy atom. The lowest BCUT2D eigenvalue weighted by Crippen LogP contribution is -2.34. The molecule has 16 heavy (non-hydrogen) atoms. The van der Waals surface area contributed by atoms with Crippen molar-refractivity contribution in [3.8, 4) is 0 Å². The number of benzene rings is 1. The molecule has 0 saturated heterocycles. The molecular weight excluding hydrogens is 202 g/mol. The summed E-state index contributed by atoms with van der Waals surface area (Å²) in [5, 5.41) is 8.08. The highest BCUT2D eigenvalue weighted by Gasteiger charge is 2.31. The molecule has 0 amide bonds. The van der Waals surface area contributed by atoms with E-state index in [2.05, 4.69) is 10.2 Å². The molecule has 2 N–H and O–H groups in total. The molecule has 1 aromatic rings. The molecule has 0 bridgehead atoms. The van der Waals surface area contributed by atoms with E-state index in [4.69, 9.17) is 5.73 Å². The predicted octanol–water partition coefficient (Wildman–Crippen LogP) is 2.13. The van der Waals surface area contributed by atoms with Crippen LogP contribution in [0.2, 0.25) is 0 Å². The van der Waals surface area contributed by atoms with E-state index in [1.54, 1.807) is 6.92 Å². The van der Waals surface area contributed by atoms with E-state index in [9.17, 15) is 4.79 Å². The number of hydrogen-bond acceptors (Lipinski definition) is 4. The fourth-order valence-electron chi connectivity index (χ4n) is 1.73. The van der Waals surface area contributed by atoms with Crippen molar-refractivity contribution in [1.29, 1.82) is 0 Å². The van der Waals surface area contributed by atoms with Crippen LogP contribution in [-0.4, -0.2) is 11.9 Å². The van der Waals surface area contributed by atoms with Gasteiger partial charge in [0.05, 0.1) is 5.70 Å². The van der Waals surface area contributed by atoms with Gasteiger partial charge in [-0.25, -0.2) is 0 Å². The smallest absolute Gasteiger partial charge is 0.151 e. The molecule has 4 heteroatoms. The largest absolute Gasteiger partial charge is 0.303 e. The number of rotatable bonds is 3. The molecule has 0 aliphatic carbocycles. The lowest BCUT2D eigenvalue weighted by atomic mass is 9.96. The van der Waals surface area contributed by atoms with Gasteiger partial charge in [-0.05, 0) is 6.92 Å². The number of nitrogens with zero attached hydrogens (tertiary/aromatic N) is 2. The molecule has 4 nitrogen and oxygen atoms in total. The van der Waals surface area contributed by atoms with E-state index >= 15 is 0 Å². The molecule has 0 fully saturated rings. The van der Waals surface area contributed by atoms with Crippen LogP contribution in [0, 0.1) is 0 Å². The van der Waals surface area contributed by atoms with Gasteiger partial charge in [-0.15, -0.1) is 0 Å². The standard InChI is InChI=1S/C12H13N3O/c1-12(13)10(7-8-16)11(14-15-12)9-5-3-2-4-6-9/h2-6,8H,7,13H2,1H3. The van der Waals surface area contributed by atoms with Gasteiger partial charge in [-0.3, -0.25) is 0 Å². The van der Waals surface area contributed by atoms with Gasteiger partial charge in [0, 0.05) is 17.6 Å². The minimum absolute atomic E-state index is 0.268. The molecule has 2 rings (SSSR count). The van der Waals surface area contributed by atoms with E-state index in [0.717, 1.165) is 23.1 Å². The summed E-state index contributed by atoms with van der Waals surface area (Å²) in [6, 6.07) is 9.63. The second-order valence-electron chi connectivity index (χ2n) is 3.91. The van der Waals surface area contributed by atoms with Crippen molar-refractivity contribution in [3.63, 3.8) is 0 Å². The maximum atomic E-state index is 10.7. The molecule has 1 aromatic carbocycles. The lowest BCUT2D eigenvalue weighted by Gasteiger charge is -2.16. The fourth-order valence-corrected chi connectivity index (χ4v) is 1.73. The summed E-state index contributed by atoms with van der Waals surface area (Å²) in [4.78, 5) is 10.7. The van der Waals surface area contributed by atoms with Gasteiger partial charge in [0.25, 0.3) is 0 Å². The Kier molecular flexibility index (Phi) is 2.66. The first-order valence-corrected chi connectivity index (χ1v) is 5.09. The highest BCUT2D eigenvalue weighted by molar-refractivity contribution is 5.74. The Morgan fingerprint density at radius 1 is 1.38 bits per heavy atom. The van der Waals surface area contributed by atoms with Crippen LogP contribution in [0.4, 0.5) is 0 Å². The van der Waals surface area contributed by atoms with E-state index in [-0.39, 0.29) is 6.42 Å². The summed E-state index contributed by atoms with van der Waals surface area (Å²) < 4.78 is 0. The van der Waals surface area contributed by atoms with Crippen LogP contribution in [0.25, 0.3) is 5.70 Å². The van der Waals surface area contributed by atoms with Crippen molar-refractivity contribution < 1.29 is 4.79 Å². The van der Waals surface area contributed by atoms with Crippen LogP contribution >= 0.6 is 0 Å². The SMILES string of the molecule is CC1(N)N=NC(c2ccccc2)=C1CC=O. The molecule has 1 atom stereocenters. The summed E-state index contributed by atoms with van der Waals surface area (Å²) in [6.07, 6.45) is 1.10. The minimum Gasteiger partial charge on any atom is -0.303 e. The molecular formula is C12H13N3O. The number of azo groups is 1. The third-order valence-electron chi connectivity index (χ3n) is 2.59. The topological polar surface area (TPSA) is 67.8 Å². The van der Waals surface area contributed by atoms with Gasteiger partial charge < -0.3 is 10.5 Å². The van der Waals surface area contributed by atoms with Crippen LogP contribution in [0.15, 0.2) is 46.1 Å². The molecule has 0 spiro atoms. The number of hydrogen-bond donors (Lipinski definition) is 1. The summed E-state index contributed by atoms with van der Waals surface area (Å²) in [7, 11) is 0. The maximum absolute atomic E-state index is 10.7. The highest BCUT2D eigenvalue weighted by Crippen LogP contribution is 2.35. The Labute approximate surface area is 93.9 Å². The van der Waals surface area contributed by atoms with Crippen LogP contribution in [-0.2, 0) is 4.79 Å². The van der Waals surface area contributed by atoms with E-state index in [1.807, 2.05) is 30.3 Å². The monoisotopic (exact) mass is 215 g/mol. The zero-order chi connectivity index (χ0) is 11.6. The quantitative estimate of drug-likeness (QED) is 0.785. The third kappa shape index (κ3) is 1.79. The number of carbonyl (C=O) groups is 1. The van der Waals surface area contributed by atoms with Crippen molar-refractivity contribution in [1.82, 2.24) is 0 Å². The first kappa shape index (κ1) is 10.7. The third-order valence-corrected chi connectivity index (χ3v) is 2.59. The summed E-state index contributed by atoms with van der Waals surface area (Å²) in [6.45, 7) is 1.76. The Balaban J connectivity index is 2.49. The first-order chi connectivity index (χ1) is 7.65. The second kappa shape index (κ2) is 3.98. The molecule has 1 aliphatic rings. The molecule has 0 aromatic heterocycles. The summed E-state index contributed by atoms with van der Waals surface area (Å²) in [5.74, 6) is 0. The van der Waals surface area contributed by atoms with E-state index in [1.165, 1.54) is 0 Å². The van der Waals surface area contributed by atoms with Gasteiger partial charge in [0.2, 0.25) is 0 Å². The second-order valence-corrected chi connectivity index (χ2v) is 3.91. The van der Waals surface area contributed by atoms with Crippen LogP contribution in [0.3, 0.4) is 0 Å². The highest BCUT2D eigenvalue weighted by atomic mass is 16.1. The molecule has 1 aliphatic heterocycles.